The van der Waals surface area contributed by atoms with Crippen LogP contribution in [0.1, 0.15) is 36.6 Å². The van der Waals surface area contributed by atoms with Gasteiger partial charge in [0.1, 0.15) is 5.76 Å². The zero-order valence-corrected chi connectivity index (χ0v) is 18.4. The van der Waals surface area contributed by atoms with E-state index >= 15 is 0 Å². The number of halogens is 1. The van der Waals surface area contributed by atoms with Crippen LogP contribution in [-0.2, 0) is 9.59 Å². The van der Waals surface area contributed by atoms with Crippen molar-refractivity contribution in [2.24, 2.45) is 0 Å². The van der Waals surface area contributed by atoms with Gasteiger partial charge in [0.2, 0.25) is 0 Å². The Bertz CT molecular complexity index is 947. The van der Waals surface area contributed by atoms with Gasteiger partial charge in [0.05, 0.1) is 37.8 Å². The summed E-state index contributed by atoms with van der Waals surface area (Å²) in [5.41, 5.74) is 2.44. The van der Waals surface area contributed by atoms with Gasteiger partial charge in [-0.3, -0.25) is 9.59 Å². The molecule has 1 aliphatic heterocycles. The number of Topliss-reactive ketones (excluding diaryl/α,β-unsaturated/α-hetero) is 1. The molecule has 158 valence electrons. The third kappa shape index (κ3) is 4.42. The lowest BCUT2D eigenvalue weighted by Crippen LogP contribution is -3.12. The third-order valence-electron chi connectivity index (χ3n) is 5.76. The summed E-state index contributed by atoms with van der Waals surface area (Å²) in [5, 5.41) is 11.6. The second kappa shape index (κ2) is 9.45. The molecule has 0 radical (unpaired) electrons. The quantitative estimate of drug-likeness (QED) is 0.405. The normalized spacial score (nSPS) is 18.4. The molecule has 6 heteroatoms. The van der Waals surface area contributed by atoms with Crippen molar-refractivity contribution in [3.8, 4) is 0 Å². The van der Waals surface area contributed by atoms with E-state index in [0.717, 1.165) is 30.8 Å². The number of amides is 1. The predicted molar refractivity (Wildman–Crippen MR) is 119 cm³/mol. The maximum Gasteiger partial charge on any atom is 0.295 e. The van der Waals surface area contributed by atoms with Gasteiger partial charge in [-0.25, -0.2) is 0 Å². The van der Waals surface area contributed by atoms with Crippen LogP contribution in [0.3, 0.4) is 0 Å². The van der Waals surface area contributed by atoms with Gasteiger partial charge in [0.15, 0.2) is 0 Å². The van der Waals surface area contributed by atoms with Crippen molar-refractivity contribution in [1.29, 1.82) is 0 Å². The Hall–Kier alpha value is -2.63. The Balaban J connectivity index is 2.08. The zero-order chi connectivity index (χ0) is 21.8. The van der Waals surface area contributed by atoms with E-state index in [0.29, 0.717) is 17.1 Å². The second-order valence-electron chi connectivity index (χ2n) is 7.62. The van der Waals surface area contributed by atoms with Crippen LogP contribution < -0.4 is 4.90 Å². The number of likely N-dealkylation sites (N-methyl/N-ethyl adjacent to an activating group) is 1. The number of aliphatic hydroxyl groups excluding tert-OH is 1. The van der Waals surface area contributed by atoms with E-state index in [-0.39, 0.29) is 11.3 Å². The summed E-state index contributed by atoms with van der Waals surface area (Å²) in [5.74, 6) is -1.37. The van der Waals surface area contributed by atoms with Gasteiger partial charge in [0, 0.05) is 10.6 Å². The molecule has 0 spiro atoms. The van der Waals surface area contributed by atoms with Gasteiger partial charge in [-0.15, -0.1) is 0 Å². The average molecular weight is 428 g/mol. The Labute approximate surface area is 182 Å². The molecule has 0 aromatic heterocycles. The van der Waals surface area contributed by atoms with Crippen molar-refractivity contribution in [2.45, 2.75) is 26.8 Å². The van der Waals surface area contributed by atoms with Gasteiger partial charge < -0.3 is 14.9 Å². The molecule has 1 fully saturated rings. The lowest BCUT2D eigenvalue weighted by atomic mass is 9.95. The first-order valence-corrected chi connectivity index (χ1v) is 10.7. The first kappa shape index (κ1) is 22.1. The third-order valence-corrected chi connectivity index (χ3v) is 6.01. The molecule has 0 bridgehead atoms. The molecule has 1 aliphatic rings. The van der Waals surface area contributed by atoms with Crippen LogP contribution in [0.5, 0.6) is 0 Å². The van der Waals surface area contributed by atoms with Gasteiger partial charge in [-0.05, 0) is 38.5 Å². The van der Waals surface area contributed by atoms with Crippen LogP contribution in [-0.4, -0.2) is 47.9 Å². The number of nitrogens with zero attached hydrogens (tertiary/aromatic N) is 1. The number of carbonyl (C=O) groups excluding carboxylic acids is 2. The maximum absolute atomic E-state index is 13.0. The SMILES string of the molecule is CC[NH+](CC)CCN1C(=O)C(=O)C(=C(O)c2ccc(C)cc2)[C@@H]1c1ccc(Cl)cc1. The summed E-state index contributed by atoms with van der Waals surface area (Å²) in [6, 6.07) is 13.7. The number of aryl methyl sites for hydroxylation is 1. The van der Waals surface area contributed by atoms with Crippen molar-refractivity contribution in [2.75, 3.05) is 26.2 Å². The van der Waals surface area contributed by atoms with Crippen LogP contribution in [0.4, 0.5) is 0 Å². The number of nitrogens with one attached hydrogen (secondary N) is 1. The summed E-state index contributed by atoms with van der Waals surface area (Å²) in [6.07, 6.45) is 0. The Morgan fingerprint density at radius 3 is 2.20 bits per heavy atom. The Morgan fingerprint density at radius 2 is 1.63 bits per heavy atom. The number of hydrogen-bond donors (Lipinski definition) is 2. The fraction of sp³-hybridized carbons (Fsp3) is 0.333. The van der Waals surface area contributed by atoms with E-state index in [4.69, 9.17) is 11.6 Å². The molecule has 0 saturated carbocycles. The number of likely N-dealkylation sites (tertiary alicyclic amines) is 1. The molecule has 1 atom stereocenters. The minimum Gasteiger partial charge on any atom is -0.507 e. The minimum atomic E-state index is -0.650. The maximum atomic E-state index is 13.0. The Kier molecular flexibility index (Phi) is 6.95. The predicted octanol–water partition coefficient (Wildman–Crippen LogP) is 2.99. The molecule has 0 unspecified atom stereocenters. The van der Waals surface area contributed by atoms with Crippen LogP contribution in [0.2, 0.25) is 5.02 Å². The van der Waals surface area contributed by atoms with Crippen molar-refractivity contribution < 1.29 is 19.6 Å². The smallest absolute Gasteiger partial charge is 0.295 e. The number of ketones is 1. The van der Waals surface area contributed by atoms with E-state index in [1.165, 1.54) is 4.90 Å². The fourth-order valence-corrected chi connectivity index (χ4v) is 3.98. The summed E-state index contributed by atoms with van der Waals surface area (Å²) in [4.78, 5) is 28.8. The lowest BCUT2D eigenvalue weighted by Gasteiger charge is -2.27. The van der Waals surface area contributed by atoms with E-state index in [1.54, 1.807) is 41.3 Å². The molecule has 2 aromatic carbocycles. The monoisotopic (exact) mass is 427 g/mol. The second-order valence-corrected chi connectivity index (χ2v) is 8.05. The number of rotatable bonds is 7. The fourth-order valence-electron chi connectivity index (χ4n) is 3.85. The molecular formula is C24H28ClN2O3+. The summed E-state index contributed by atoms with van der Waals surface area (Å²) in [7, 11) is 0. The number of hydrogen-bond acceptors (Lipinski definition) is 3. The lowest BCUT2D eigenvalue weighted by molar-refractivity contribution is -0.895. The zero-order valence-electron chi connectivity index (χ0n) is 17.6. The highest BCUT2D eigenvalue weighted by Crippen LogP contribution is 2.39. The highest BCUT2D eigenvalue weighted by atomic mass is 35.5. The first-order valence-electron chi connectivity index (χ1n) is 10.3. The Morgan fingerprint density at radius 1 is 1.03 bits per heavy atom. The molecule has 1 saturated heterocycles. The van der Waals surface area contributed by atoms with E-state index in [2.05, 4.69) is 13.8 Å². The molecule has 0 aliphatic carbocycles. The highest BCUT2D eigenvalue weighted by molar-refractivity contribution is 6.46. The van der Waals surface area contributed by atoms with Crippen LogP contribution >= 0.6 is 11.6 Å². The average Bonchev–Trinajstić information content (AvgIpc) is 3.00. The van der Waals surface area contributed by atoms with Crippen molar-refractivity contribution >= 4 is 29.1 Å². The largest absolute Gasteiger partial charge is 0.507 e. The molecule has 1 amide bonds. The molecule has 2 aromatic rings. The van der Waals surface area contributed by atoms with E-state index in [9.17, 15) is 14.7 Å². The van der Waals surface area contributed by atoms with Crippen LogP contribution in [0.25, 0.3) is 5.76 Å². The van der Waals surface area contributed by atoms with E-state index in [1.807, 2.05) is 19.1 Å². The molecule has 1 heterocycles. The van der Waals surface area contributed by atoms with E-state index < -0.39 is 17.7 Å². The number of carbonyl (C=O) groups is 2. The standard InChI is InChI=1S/C24H27ClN2O3/c1-4-26(5-2)14-15-27-21(17-10-12-19(25)13-11-17)20(23(29)24(27)30)22(28)18-8-6-16(3)7-9-18/h6-13,21,28H,4-5,14-15H2,1-3H3/p+1/t21-/m0/s1. The highest BCUT2D eigenvalue weighted by Gasteiger charge is 2.46. The van der Waals surface area contributed by atoms with Gasteiger partial charge in [-0.2, -0.15) is 0 Å². The van der Waals surface area contributed by atoms with Crippen molar-refractivity contribution in [3.63, 3.8) is 0 Å². The van der Waals surface area contributed by atoms with Crippen molar-refractivity contribution in [3.05, 3.63) is 75.8 Å². The molecular weight excluding hydrogens is 400 g/mol. The van der Waals surface area contributed by atoms with Crippen LogP contribution in [0.15, 0.2) is 54.1 Å². The molecule has 3 rings (SSSR count). The summed E-state index contributed by atoms with van der Waals surface area (Å²) >= 11 is 6.05. The molecule has 30 heavy (non-hydrogen) atoms. The minimum absolute atomic E-state index is 0.126. The number of quaternary nitrogens is 1. The topological polar surface area (TPSA) is 62.0 Å². The first-order chi connectivity index (χ1) is 14.4. The van der Waals surface area contributed by atoms with Crippen molar-refractivity contribution in [1.82, 2.24) is 4.90 Å². The summed E-state index contributed by atoms with van der Waals surface area (Å²) in [6.45, 7) is 9.19. The number of aliphatic hydroxyl groups is 1. The van der Waals surface area contributed by atoms with Gasteiger partial charge in [0.25, 0.3) is 11.7 Å². The summed E-state index contributed by atoms with van der Waals surface area (Å²) < 4.78 is 0. The molecule has 2 N–H and O–H groups in total. The molecule has 5 nitrogen and oxygen atoms in total. The van der Waals surface area contributed by atoms with Gasteiger partial charge >= 0.3 is 0 Å². The number of benzene rings is 2. The van der Waals surface area contributed by atoms with Crippen LogP contribution in [0, 0.1) is 6.92 Å². The van der Waals surface area contributed by atoms with Gasteiger partial charge in [-0.1, -0.05) is 53.6 Å².